The van der Waals surface area contributed by atoms with Crippen LogP contribution < -0.4 is 4.72 Å². The molecule has 2 rings (SSSR count). The second kappa shape index (κ2) is 5.65. The summed E-state index contributed by atoms with van der Waals surface area (Å²) in [6.45, 7) is 1.04. The third-order valence-corrected chi connectivity index (χ3v) is 4.41. The van der Waals surface area contributed by atoms with Gasteiger partial charge in [0.15, 0.2) is 0 Å². The van der Waals surface area contributed by atoms with Crippen LogP contribution in [0.4, 0.5) is 0 Å². The van der Waals surface area contributed by atoms with Gasteiger partial charge in [-0.15, -0.1) is 0 Å². The summed E-state index contributed by atoms with van der Waals surface area (Å²) >= 11 is 0. The minimum atomic E-state index is -3.72. The standard InChI is InChI=1S/C13H14N2O5S/c1-2-7-21(19,20)14-11(16)8-15-12(17)9-5-3-4-6-10(9)13(15)18/h3-6H,2,7-8H2,1H3,(H,14,16). The van der Waals surface area contributed by atoms with Crippen LogP contribution in [0.3, 0.4) is 0 Å². The lowest BCUT2D eigenvalue weighted by Crippen LogP contribution is -2.43. The number of sulfonamides is 1. The van der Waals surface area contributed by atoms with E-state index in [1.807, 2.05) is 4.72 Å². The molecule has 0 aliphatic carbocycles. The number of amides is 3. The van der Waals surface area contributed by atoms with Gasteiger partial charge in [0.25, 0.3) is 17.7 Å². The molecule has 1 heterocycles. The number of nitrogens with one attached hydrogen (secondary N) is 1. The second-order valence-electron chi connectivity index (χ2n) is 4.59. The summed E-state index contributed by atoms with van der Waals surface area (Å²) in [6, 6.07) is 6.20. The Balaban J connectivity index is 2.10. The molecule has 0 bridgehead atoms. The van der Waals surface area contributed by atoms with Crippen molar-refractivity contribution >= 4 is 27.7 Å². The fourth-order valence-corrected chi connectivity index (χ4v) is 3.10. The van der Waals surface area contributed by atoms with Crippen molar-refractivity contribution < 1.29 is 22.8 Å². The third-order valence-electron chi connectivity index (χ3n) is 2.92. The van der Waals surface area contributed by atoms with Crippen molar-refractivity contribution in [3.05, 3.63) is 35.4 Å². The summed E-state index contributed by atoms with van der Waals surface area (Å²) in [7, 11) is -3.72. The molecule has 0 unspecified atom stereocenters. The van der Waals surface area contributed by atoms with Crippen LogP contribution in [-0.4, -0.2) is 43.3 Å². The highest BCUT2D eigenvalue weighted by molar-refractivity contribution is 7.90. The molecule has 0 atom stereocenters. The van der Waals surface area contributed by atoms with Crippen molar-refractivity contribution in [1.82, 2.24) is 9.62 Å². The quantitative estimate of drug-likeness (QED) is 0.780. The maximum atomic E-state index is 12.0. The van der Waals surface area contributed by atoms with E-state index in [4.69, 9.17) is 0 Å². The maximum Gasteiger partial charge on any atom is 0.262 e. The lowest BCUT2D eigenvalue weighted by atomic mass is 10.1. The summed E-state index contributed by atoms with van der Waals surface area (Å²) in [5.74, 6) is -2.30. The van der Waals surface area contributed by atoms with Gasteiger partial charge in [0.1, 0.15) is 6.54 Å². The van der Waals surface area contributed by atoms with Crippen LogP contribution >= 0.6 is 0 Å². The van der Waals surface area contributed by atoms with E-state index in [2.05, 4.69) is 0 Å². The molecule has 0 saturated carbocycles. The smallest absolute Gasteiger partial charge is 0.262 e. The second-order valence-corrected chi connectivity index (χ2v) is 6.43. The molecule has 0 spiro atoms. The number of carbonyl (C=O) groups is 3. The summed E-state index contributed by atoms with van der Waals surface area (Å²) < 4.78 is 24.8. The Kier molecular flexibility index (Phi) is 4.08. The first-order valence-corrected chi connectivity index (χ1v) is 7.99. The molecule has 1 aliphatic rings. The number of benzene rings is 1. The number of carbonyl (C=O) groups excluding carboxylic acids is 3. The summed E-state index contributed by atoms with van der Waals surface area (Å²) in [6.07, 6.45) is 0.357. The van der Waals surface area contributed by atoms with Crippen LogP contribution in [-0.2, 0) is 14.8 Å². The fraction of sp³-hybridized carbons (Fsp3) is 0.308. The van der Waals surface area contributed by atoms with E-state index in [0.717, 1.165) is 4.90 Å². The van der Waals surface area contributed by atoms with E-state index in [1.165, 1.54) is 12.1 Å². The Hall–Kier alpha value is -2.22. The summed E-state index contributed by atoms with van der Waals surface area (Å²) in [4.78, 5) is 36.5. The van der Waals surface area contributed by atoms with Crippen molar-refractivity contribution in [3.8, 4) is 0 Å². The molecule has 112 valence electrons. The average Bonchev–Trinajstić information content (AvgIpc) is 2.64. The first-order valence-electron chi connectivity index (χ1n) is 6.34. The molecule has 0 saturated heterocycles. The highest BCUT2D eigenvalue weighted by Gasteiger charge is 2.36. The predicted molar refractivity (Wildman–Crippen MR) is 74.0 cm³/mol. The molecule has 1 aromatic rings. The highest BCUT2D eigenvalue weighted by Crippen LogP contribution is 2.21. The number of rotatable bonds is 5. The minimum Gasteiger partial charge on any atom is -0.272 e. The van der Waals surface area contributed by atoms with E-state index < -0.39 is 34.3 Å². The molecule has 7 nitrogen and oxygen atoms in total. The zero-order chi connectivity index (χ0) is 15.6. The Morgan fingerprint density at radius 3 is 2.14 bits per heavy atom. The highest BCUT2D eigenvalue weighted by atomic mass is 32.2. The Morgan fingerprint density at radius 1 is 1.14 bits per heavy atom. The number of imide groups is 1. The molecule has 0 aromatic heterocycles. The normalized spacial score (nSPS) is 14.2. The lowest BCUT2D eigenvalue weighted by molar-refractivity contribution is -0.119. The van der Waals surface area contributed by atoms with Crippen molar-refractivity contribution in [2.45, 2.75) is 13.3 Å². The predicted octanol–water partition coefficient (Wildman–Crippen LogP) is 0.139. The molecular formula is C13H14N2O5S. The average molecular weight is 310 g/mol. The van der Waals surface area contributed by atoms with Crippen molar-refractivity contribution in [3.63, 3.8) is 0 Å². The molecule has 1 aromatic carbocycles. The maximum absolute atomic E-state index is 12.0. The SMILES string of the molecule is CCCS(=O)(=O)NC(=O)CN1C(=O)c2ccccc2C1=O. The van der Waals surface area contributed by atoms with Gasteiger partial charge in [0.05, 0.1) is 16.9 Å². The molecular weight excluding hydrogens is 296 g/mol. The van der Waals surface area contributed by atoms with Crippen LogP contribution in [0.15, 0.2) is 24.3 Å². The van der Waals surface area contributed by atoms with Crippen LogP contribution in [0, 0.1) is 0 Å². The molecule has 3 amide bonds. The monoisotopic (exact) mass is 310 g/mol. The van der Waals surface area contributed by atoms with Gasteiger partial charge < -0.3 is 0 Å². The van der Waals surface area contributed by atoms with E-state index >= 15 is 0 Å². The molecule has 1 aliphatic heterocycles. The van der Waals surface area contributed by atoms with E-state index in [-0.39, 0.29) is 16.9 Å². The minimum absolute atomic E-state index is 0.194. The Bertz CT molecular complexity index is 676. The topological polar surface area (TPSA) is 101 Å². The largest absolute Gasteiger partial charge is 0.272 e. The van der Waals surface area contributed by atoms with Gasteiger partial charge in [0, 0.05) is 0 Å². The van der Waals surface area contributed by atoms with Gasteiger partial charge in [-0.2, -0.15) is 0 Å². The van der Waals surface area contributed by atoms with E-state index in [0.29, 0.717) is 6.42 Å². The Labute approximate surface area is 122 Å². The van der Waals surface area contributed by atoms with Gasteiger partial charge >= 0.3 is 0 Å². The summed E-state index contributed by atoms with van der Waals surface area (Å²) in [5, 5.41) is 0. The van der Waals surface area contributed by atoms with Crippen LogP contribution in [0.25, 0.3) is 0 Å². The number of hydrogen-bond donors (Lipinski definition) is 1. The first kappa shape index (κ1) is 15.2. The van der Waals surface area contributed by atoms with Gasteiger partial charge in [0.2, 0.25) is 10.0 Å². The van der Waals surface area contributed by atoms with Crippen molar-refractivity contribution in [2.24, 2.45) is 0 Å². The van der Waals surface area contributed by atoms with Crippen LogP contribution in [0.5, 0.6) is 0 Å². The van der Waals surface area contributed by atoms with Crippen molar-refractivity contribution in [1.29, 1.82) is 0 Å². The molecule has 0 radical (unpaired) electrons. The molecule has 1 N–H and O–H groups in total. The molecule has 21 heavy (non-hydrogen) atoms. The summed E-state index contributed by atoms with van der Waals surface area (Å²) in [5.41, 5.74) is 0.429. The van der Waals surface area contributed by atoms with E-state index in [9.17, 15) is 22.8 Å². The van der Waals surface area contributed by atoms with Crippen molar-refractivity contribution in [2.75, 3.05) is 12.3 Å². The van der Waals surface area contributed by atoms with Gasteiger partial charge in [-0.3, -0.25) is 24.0 Å². The van der Waals surface area contributed by atoms with Gasteiger partial charge in [-0.25, -0.2) is 8.42 Å². The lowest BCUT2D eigenvalue weighted by Gasteiger charge is -2.13. The zero-order valence-electron chi connectivity index (χ0n) is 11.3. The Morgan fingerprint density at radius 2 is 1.67 bits per heavy atom. The van der Waals surface area contributed by atoms with Crippen LogP contribution in [0.1, 0.15) is 34.1 Å². The fourth-order valence-electron chi connectivity index (χ4n) is 2.05. The van der Waals surface area contributed by atoms with Gasteiger partial charge in [-0.05, 0) is 18.6 Å². The first-order chi connectivity index (χ1) is 9.85. The molecule has 8 heteroatoms. The number of fused-ring (bicyclic) bond motifs is 1. The number of nitrogens with zero attached hydrogens (tertiary/aromatic N) is 1. The van der Waals surface area contributed by atoms with Gasteiger partial charge in [-0.1, -0.05) is 19.1 Å². The van der Waals surface area contributed by atoms with Crippen LogP contribution in [0.2, 0.25) is 0 Å². The third kappa shape index (κ3) is 3.10. The number of hydrogen-bond acceptors (Lipinski definition) is 5. The van der Waals surface area contributed by atoms with E-state index in [1.54, 1.807) is 19.1 Å². The molecule has 0 fully saturated rings. The zero-order valence-corrected chi connectivity index (χ0v) is 12.1.